The minimum absolute atomic E-state index is 0.136. The topological polar surface area (TPSA) is 26.3 Å². The average molecular weight is 185 g/mol. The summed E-state index contributed by atoms with van der Waals surface area (Å²) >= 11 is 5.43. The van der Waals surface area contributed by atoms with Crippen molar-refractivity contribution in [1.82, 2.24) is 0 Å². The van der Waals surface area contributed by atoms with E-state index in [-0.39, 0.29) is 17.1 Å². The highest BCUT2D eigenvalue weighted by molar-refractivity contribution is 6.64. The molecule has 0 saturated carbocycles. The average Bonchev–Trinajstić information content (AvgIpc) is 2.47. The molecule has 64 valence electrons. The maximum Gasteiger partial charge on any atom is 0.228 e. The van der Waals surface area contributed by atoms with E-state index in [1.54, 1.807) is 0 Å². The maximum atomic E-state index is 10.9. The Balaban J connectivity index is 2.20. The van der Waals surface area contributed by atoms with Gasteiger partial charge in [-0.25, -0.2) is 0 Å². The molecule has 1 fully saturated rings. The van der Waals surface area contributed by atoms with E-state index in [0.29, 0.717) is 6.61 Å². The van der Waals surface area contributed by atoms with Crippen molar-refractivity contribution < 1.29 is 9.53 Å². The van der Waals surface area contributed by atoms with E-state index in [0.717, 1.165) is 12.2 Å². The maximum absolute atomic E-state index is 10.9. The molecule has 0 aromatic heterocycles. The van der Waals surface area contributed by atoms with Crippen molar-refractivity contribution in [2.45, 2.75) is 6.42 Å². The van der Waals surface area contributed by atoms with Crippen molar-refractivity contribution in [3.05, 3.63) is 24.0 Å². The monoisotopic (exact) mass is 184 g/mol. The fourth-order valence-electron chi connectivity index (χ4n) is 1.67. The van der Waals surface area contributed by atoms with Crippen LogP contribution < -0.4 is 0 Å². The van der Waals surface area contributed by atoms with E-state index in [2.05, 4.69) is 0 Å². The SMILES string of the molecule is O=C(Cl)C1COC2=CC=CCC21. The second kappa shape index (κ2) is 2.94. The van der Waals surface area contributed by atoms with Crippen molar-refractivity contribution in [1.29, 1.82) is 0 Å². The Hall–Kier alpha value is -0.760. The second-order valence-electron chi connectivity index (χ2n) is 3.06. The summed E-state index contributed by atoms with van der Waals surface area (Å²) in [6, 6.07) is 0. The normalized spacial score (nSPS) is 32.2. The number of hydrogen-bond acceptors (Lipinski definition) is 2. The Kier molecular flexibility index (Phi) is 1.93. The third-order valence-corrected chi connectivity index (χ3v) is 2.64. The number of carbonyl (C=O) groups is 1. The summed E-state index contributed by atoms with van der Waals surface area (Å²) in [4.78, 5) is 10.9. The van der Waals surface area contributed by atoms with Crippen LogP contribution in [-0.2, 0) is 9.53 Å². The number of ether oxygens (including phenoxy) is 1. The number of carbonyl (C=O) groups excluding carboxylic acids is 1. The molecule has 0 spiro atoms. The predicted octanol–water partition coefficient (Wildman–Crippen LogP) is 1.86. The second-order valence-corrected chi connectivity index (χ2v) is 3.43. The molecule has 0 radical (unpaired) electrons. The minimum atomic E-state index is -0.279. The van der Waals surface area contributed by atoms with Gasteiger partial charge in [-0.3, -0.25) is 4.79 Å². The van der Waals surface area contributed by atoms with Crippen LogP contribution in [0.15, 0.2) is 24.0 Å². The highest BCUT2D eigenvalue weighted by atomic mass is 35.5. The van der Waals surface area contributed by atoms with Crippen LogP contribution in [0.1, 0.15) is 6.42 Å². The van der Waals surface area contributed by atoms with Crippen LogP contribution in [0, 0.1) is 11.8 Å². The summed E-state index contributed by atoms with van der Waals surface area (Å²) in [5.74, 6) is 0.972. The van der Waals surface area contributed by atoms with Crippen molar-refractivity contribution >= 4 is 16.8 Å². The molecule has 2 nitrogen and oxygen atoms in total. The van der Waals surface area contributed by atoms with Gasteiger partial charge in [0.05, 0.1) is 12.5 Å². The standard InChI is InChI=1S/C9H9ClO2/c10-9(11)7-5-12-8-4-2-1-3-6(7)8/h1-2,4,6-7H,3,5H2. The van der Waals surface area contributed by atoms with Gasteiger partial charge in [0.15, 0.2) is 0 Å². The zero-order valence-electron chi connectivity index (χ0n) is 6.50. The largest absolute Gasteiger partial charge is 0.497 e. The molecule has 0 aromatic rings. The van der Waals surface area contributed by atoms with Crippen molar-refractivity contribution in [3.8, 4) is 0 Å². The van der Waals surface area contributed by atoms with Crippen molar-refractivity contribution in [3.63, 3.8) is 0 Å². The number of fused-ring (bicyclic) bond motifs is 1. The van der Waals surface area contributed by atoms with Gasteiger partial charge in [-0.2, -0.15) is 0 Å². The molecule has 3 heteroatoms. The van der Waals surface area contributed by atoms with Gasteiger partial charge in [-0.15, -0.1) is 0 Å². The highest BCUT2D eigenvalue weighted by Crippen LogP contribution is 2.36. The first-order valence-electron chi connectivity index (χ1n) is 3.98. The van der Waals surface area contributed by atoms with E-state index in [1.165, 1.54) is 0 Å². The number of halogens is 1. The molecule has 12 heavy (non-hydrogen) atoms. The fourth-order valence-corrected chi connectivity index (χ4v) is 1.89. The summed E-state index contributed by atoms with van der Waals surface area (Å²) < 4.78 is 5.34. The Labute approximate surface area is 75.8 Å². The lowest BCUT2D eigenvalue weighted by molar-refractivity contribution is -0.115. The smallest absolute Gasteiger partial charge is 0.228 e. The molecular weight excluding hydrogens is 176 g/mol. The first-order valence-corrected chi connectivity index (χ1v) is 4.35. The van der Waals surface area contributed by atoms with E-state index < -0.39 is 0 Å². The van der Waals surface area contributed by atoms with Crippen LogP contribution in [0.5, 0.6) is 0 Å². The summed E-state index contributed by atoms with van der Waals surface area (Å²) in [5, 5.41) is -0.279. The van der Waals surface area contributed by atoms with Gasteiger partial charge in [0.1, 0.15) is 5.76 Å². The Morgan fingerprint density at radius 1 is 1.67 bits per heavy atom. The summed E-state index contributed by atoms with van der Waals surface area (Å²) in [6.07, 6.45) is 6.77. The minimum Gasteiger partial charge on any atom is -0.497 e. The molecule has 1 aliphatic carbocycles. The Morgan fingerprint density at radius 2 is 2.50 bits per heavy atom. The van der Waals surface area contributed by atoms with Crippen LogP contribution in [-0.4, -0.2) is 11.8 Å². The molecule has 2 atom stereocenters. The predicted molar refractivity (Wildman–Crippen MR) is 45.6 cm³/mol. The molecular formula is C9H9ClO2. The number of hydrogen-bond donors (Lipinski definition) is 0. The van der Waals surface area contributed by atoms with E-state index >= 15 is 0 Å². The van der Waals surface area contributed by atoms with Gasteiger partial charge in [-0.05, 0) is 24.1 Å². The summed E-state index contributed by atoms with van der Waals surface area (Å²) in [7, 11) is 0. The third-order valence-electron chi connectivity index (χ3n) is 2.36. The molecule has 2 aliphatic rings. The van der Waals surface area contributed by atoms with E-state index in [1.807, 2.05) is 18.2 Å². The van der Waals surface area contributed by atoms with Gasteiger partial charge in [0, 0.05) is 5.92 Å². The molecule has 1 saturated heterocycles. The fraction of sp³-hybridized carbons (Fsp3) is 0.444. The quantitative estimate of drug-likeness (QED) is 0.582. The van der Waals surface area contributed by atoms with Crippen LogP contribution in [0.4, 0.5) is 0 Å². The number of allylic oxidation sites excluding steroid dienone is 4. The van der Waals surface area contributed by atoms with Crippen molar-refractivity contribution in [2.24, 2.45) is 11.8 Å². The lowest BCUT2D eigenvalue weighted by Crippen LogP contribution is -2.17. The van der Waals surface area contributed by atoms with E-state index in [9.17, 15) is 4.79 Å². The number of rotatable bonds is 1. The van der Waals surface area contributed by atoms with Gasteiger partial charge in [0.2, 0.25) is 5.24 Å². The molecule has 0 N–H and O–H groups in total. The lowest BCUT2D eigenvalue weighted by atomic mass is 9.89. The summed E-state index contributed by atoms with van der Waals surface area (Å²) in [5.41, 5.74) is 0. The first kappa shape index (κ1) is 7.87. The Morgan fingerprint density at radius 3 is 3.25 bits per heavy atom. The van der Waals surface area contributed by atoms with Crippen LogP contribution >= 0.6 is 11.6 Å². The third kappa shape index (κ3) is 1.16. The first-order chi connectivity index (χ1) is 5.79. The van der Waals surface area contributed by atoms with E-state index in [4.69, 9.17) is 16.3 Å². The highest BCUT2D eigenvalue weighted by Gasteiger charge is 2.37. The summed E-state index contributed by atoms with van der Waals surface area (Å²) in [6.45, 7) is 0.445. The van der Waals surface area contributed by atoms with Crippen molar-refractivity contribution in [2.75, 3.05) is 6.61 Å². The molecule has 0 amide bonds. The lowest BCUT2D eigenvalue weighted by Gasteiger charge is -2.13. The molecule has 0 bridgehead atoms. The van der Waals surface area contributed by atoms with Gasteiger partial charge in [0.25, 0.3) is 0 Å². The zero-order chi connectivity index (χ0) is 8.55. The van der Waals surface area contributed by atoms with Crippen LogP contribution in [0.25, 0.3) is 0 Å². The molecule has 1 aliphatic heterocycles. The molecule has 0 aromatic carbocycles. The van der Waals surface area contributed by atoms with Gasteiger partial charge in [-0.1, -0.05) is 12.2 Å². The molecule has 1 heterocycles. The van der Waals surface area contributed by atoms with Crippen LogP contribution in [0.2, 0.25) is 0 Å². The van der Waals surface area contributed by atoms with Gasteiger partial charge < -0.3 is 4.74 Å². The zero-order valence-corrected chi connectivity index (χ0v) is 7.25. The van der Waals surface area contributed by atoms with Crippen LogP contribution in [0.3, 0.4) is 0 Å². The Bertz CT molecular complexity index is 268. The molecule has 2 rings (SSSR count). The van der Waals surface area contributed by atoms with Gasteiger partial charge >= 0.3 is 0 Å². The molecule has 2 unspecified atom stereocenters.